The van der Waals surface area contributed by atoms with Crippen molar-refractivity contribution in [3.8, 4) is 0 Å². The standard InChI is InChI=1S/C13H18N2O4/c1-4-9-10(8(2)19-14-9)11(16)15-7-5-6-13(15,3)12(17)18/h4-7H2,1-3H3,(H,17,18). The van der Waals surface area contributed by atoms with Crippen molar-refractivity contribution in [2.24, 2.45) is 0 Å². The van der Waals surface area contributed by atoms with Gasteiger partial charge < -0.3 is 14.5 Å². The van der Waals surface area contributed by atoms with Gasteiger partial charge in [0.2, 0.25) is 0 Å². The summed E-state index contributed by atoms with van der Waals surface area (Å²) >= 11 is 0. The largest absolute Gasteiger partial charge is 0.480 e. The minimum atomic E-state index is -1.13. The summed E-state index contributed by atoms with van der Waals surface area (Å²) in [5.74, 6) is -0.815. The van der Waals surface area contributed by atoms with Gasteiger partial charge in [-0.25, -0.2) is 4.79 Å². The van der Waals surface area contributed by atoms with Gasteiger partial charge in [-0.05, 0) is 33.1 Å². The molecule has 19 heavy (non-hydrogen) atoms. The molecule has 0 aliphatic carbocycles. The molecule has 1 aromatic rings. The van der Waals surface area contributed by atoms with E-state index in [0.717, 1.165) is 0 Å². The van der Waals surface area contributed by atoms with Gasteiger partial charge in [-0.15, -0.1) is 0 Å². The summed E-state index contributed by atoms with van der Waals surface area (Å²) in [5, 5.41) is 13.2. The smallest absolute Gasteiger partial charge is 0.329 e. The van der Waals surface area contributed by atoms with E-state index in [4.69, 9.17) is 4.52 Å². The molecule has 0 bridgehead atoms. The normalized spacial score (nSPS) is 22.8. The Bertz CT molecular complexity index is 523. The van der Waals surface area contributed by atoms with Crippen LogP contribution in [0.15, 0.2) is 4.52 Å². The zero-order valence-corrected chi connectivity index (χ0v) is 11.4. The van der Waals surface area contributed by atoms with E-state index in [1.54, 1.807) is 13.8 Å². The minimum absolute atomic E-state index is 0.294. The Morgan fingerprint density at radius 3 is 2.79 bits per heavy atom. The lowest BCUT2D eigenvalue weighted by atomic mass is 9.98. The predicted molar refractivity (Wildman–Crippen MR) is 66.9 cm³/mol. The summed E-state index contributed by atoms with van der Waals surface area (Å²) in [7, 11) is 0. The molecule has 1 N–H and O–H groups in total. The number of carboxylic acid groups (broad SMARTS) is 1. The van der Waals surface area contributed by atoms with E-state index < -0.39 is 11.5 Å². The lowest BCUT2D eigenvalue weighted by Gasteiger charge is -2.31. The Morgan fingerprint density at radius 1 is 1.53 bits per heavy atom. The van der Waals surface area contributed by atoms with Crippen molar-refractivity contribution in [2.45, 2.75) is 45.6 Å². The molecule has 6 heteroatoms. The molecule has 6 nitrogen and oxygen atoms in total. The third-order valence-corrected chi connectivity index (χ3v) is 3.83. The van der Waals surface area contributed by atoms with E-state index in [2.05, 4.69) is 5.16 Å². The third-order valence-electron chi connectivity index (χ3n) is 3.83. The fourth-order valence-electron chi connectivity index (χ4n) is 2.58. The number of hydrogen-bond acceptors (Lipinski definition) is 4. The molecular weight excluding hydrogens is 248 g/mol. The molecule has 1 unspecified atom stereocenters. The maximum Gasteiger partial charge on any atom is 0.329 e. The molecule has 0 saturated carbocycles. The molecule has 1 fully saturated rings. The predicted octanol–water partition coefficient (Wildman–Crippen LogP) is 1.62. The maximum absolute atomic E-state index is 12.6. The number of hydrogen-bond donors (Lipinski definition) is 1. The number of likely N-dealkylation sites (tertiary alicyclic amines) is 1. The van der Waals surface area contributed by atoms with Crippen LogP contribution < -0.4 is 0 Å². The summed E-state index contributed by atoms with van der Waals surface area (Å²) in [6, 6.07) is 0. The molecule has 1 aliphatic rings. The lowest BCUT2D eigenvalue weighted by Crippen LogP contribution is -2.51. The molecule has 104 valence electrons. The van der Waals surface area contributed by atoms with Crippen molar-refractivity contribution in [3.63, 3.8) is 0 Å². The van der Waals surface area contributed by atoms with Crippen LogP contribution in [-0.2, 0) is 11.2 Å². The fraction of sp³-hybridized carbons (Fsp3) is 0.615. The van der Waals surface area contributed by atoms with Crippen LogP contribution in [0.4, 0.5) is 0 Å². The van der Waals surface area contributed by atoms with Gasteiger partial charge in [0.15, 0.2) is 0 Å². The highest BCUT2D eigenvalue weighted by Gasteiger charge is 2.47. The van der Waals surface area contributed by atoms with Crippen LogP contribution in [0, 0.1) is 6.92 Å². The molecule has 1 amide bonds. The van der Waals surface area contributed by atoms with Gasteiger partial charge in [-0.1, -0.05) is 12.1 Å². The van der Waals surface area contributed by atoms with Gasteiger partial charge in [0.1, 0.15) is 16.9 Å². The average molecular weight is 266 g/mol. The van der Waals surface area contributed by atoms with Crippen LogP contribution in [0.2, 0.25) is 0 Å². The molecule has 1 aliphatic heterocycles. The summed E-state index contributed by atoms with van der Waals surface area (Å²) in [5.41, 5.74) is -0.134. The summed E-state index contributed by atoms with van der Waals surface area (Å²) in [6.07, 6.45) is 1.75. The molecular formula is C13H18N2O4. The third kappa shape index (κ3) is 2.01. The van der Waals surface area contributed by atoms with Crippen molar-refractivity contribution in [1.82, 2.24) is 10.1 Å². The van der Waals surface area contributed by atoms with E-state index in [0.29, 0.717) is 42.8 Å². The zero-order valence-electron chi connectivity index (χ0n) is 11.4. The highest BCUT2D eigenvalue weighted by atomic mass is 16.5. The number of nitrogens with zero attached hydrogens (tertiary/aromatic N) is 2. The maximum atomic E-state index is 12.6. The van der Waals surface area contributed by atoms with E-state index in [-0.39, 0.29) is 5.91 Å². The Labute approximate surface area is 111 Å². The van der Waals surface area contributed by atoms with Crippen LogP contribution >= 0.6 is 0 Å². The van der Waals surface area contributed by atoms with E-state index in [1.807, 2.05) is 6.92 Å². The first-order chi connectivity index (χ1) is 8.91. The molecule has 1 aromatic heterocycles. The van der Waals surface area contributed by atoms with Gasteiger partial charge in [0.25, 0.3) is 5.91 Å². The number of amides is 1. The first kappa shape index (κ1) is 13.6. The molecule has 1 saturated heterocycles. The number of rotatable bonds is 3. The van der Waals surface area contributed by atoms with E-state index in [9.17, 15) is 14.7 Å². The Hall–Kier alpha value is -1.85. The number of carbonyl (C=O) groups is 2. The van der Waals surface area contributed by atoms with E-state index in [1.165, 1.54) is 4.90 Å². The summed E-state index contributed by atoms with van der Waals surface area (Å²) in [4.78, 5) is 25.4. The van der Waals surface area contributed by atoms with Crippen LogP contribution in [0.1, 0.15) is 48.5 Å². The Balaban J connectivity index is 2.39. The van der Waals surface area contributed by atoms with Crippen LogP contribution in [0.25, 0.3) is 0 Å². The number of aryl methyl sites for hydroxylation is 2. The Morgan fingerprint density at radius 2 is 2.21 bits per heavy atom. The Kier molecular flexibility index (Phi) is 3.34. The first-order valence-electron chi connectivity index (χ1n) is 6.42. The summed E-state index contributed by atoms with van der Waals surface area (Å²) < 4.78 is 5.05. The van der Waals surface area contributed by atoms with Gasteiger partial charge >= 0.3 is 5.97 Å². The number of carbonyl (C=O) groups excluding carboxylic acids is 1. The SMILES string of the molecule is CCc1noc(C)c1C(=O)N1CCCC1(C)C(=O)O. The van der Waals surface area contributed by atoms with Gasteiger partial charge in [-0.3, -0.25) is 4.79 Å². The lowest BCUT2D eigenvalue weighted by molar-refractivity contribution is -0.147. The molecule has 1 atom stereocenters. The fourth-order valence-corrected chi connectivity index (χ4v) is 2.58. The average Bonchev–Trinajstić information content (AvgIpc) is 2.92. The second-order valence-electron chi connectivity index (χ2n) is 5.05. The molecule has 0 spiro atoms. The number of carboxylic acids is 1. The summed E-state index contributed by atoms with van der Waals surface area (Å²) in [6.45, 7) is 5.60. The monoisotopic (exact) mass is 266 g/mol. The van der Waals surface area contributed by atoms with E-state index >= 15 is 0 Å². The van der Waals surface area contributed by atoms with Crippen molar-refractivity contribution in [3.05, 3.63) is 17.0 Å². The van der Waals surface area contributed by atoms with Gasteiger partial charge in [0.05, 0.1) is 5.69 Å². The second kappa shape index (κ2) is 4.68. The molecule has 0 aromatic carbocycles. The topological polar surface area (TPSA) is 83.6 Å². The van der Waals surface area contributed by atoms with Crippen molar-refractivity contribution < 1.29 is 19.2 Å². The number of aromatic nitrogens is 1. The number of aliphatic carboxylic acids is 1. The molecule has 0 radical (unpaired) electrons. The quantitative estimate of drug-likeness (QED) is 0.898. The zero-order chi connectivity index (χ0) is 14.2. The van der Waals surface area contributed by atoms with Gasteiger partial charge in [-0.2, -0.15) is 0 Å². The molecule has 2 rings (SSSR count). The van der Waals surface area contributed by atoms with Gasteiger partial charge in [0, 0.05) is 6.54 Å². The van der Waals surface area contributed by atoms with Crippen molar-refractivity contribution >= 4 is 11.9 Å². The molecule has 2 heterocycles. The van der Waals surface area contributed by atoms with Crippen molar-refractivity contribution in [2.75, 3.05) is 6.54 Å². The highest BCUT2D eigenvalue weighted by Crippen LogP contribution is 2.32. The second-order valence-corrected chi connectivity index (χ2v) is 5.05. The van der Waals surface area contributed by atoms with Crippen LogP contribution in [0.3, 0.4) is 0 Å². The van der Waals surface area contributed by atoms with Crippen molar-refractivity contribution in [1.29, 1.82) is 0 Å². The van der Waals surface area contributed by atoms with Crippen LogP contribution in [-0.4, -0.2) is 39.1 Å². The minimum Gasteiger partial charge on any atom is -0.480 e. The highest BCUT2D eigenvalue weighted by molar-refractivity contribution is 5.99. The first-order valence-corrected chi connectivity index (χ1v) is 6.42. The van der Waals surface area contributed by atoms with Crippen LogP contribution in [0.5, 0.6) is 0 Å².